The van der Waals surface area contributed by atoms with Crippen molar-refractivity contribution in [2.75, 3.05) is 20.7 Å². The molecular formula is C31H41N5O5. The standard InChI is InChI=1S/C31H41N5O5/c1-34(2)30(39)29(33-41-18-27(37)38)28-31(40)36(26-12-4-3-11-25(26)32-28)24-16-21-9-6-10-22(17-24)35(21)23-14-19-7-5-8-20(13-19)15-23/h3-4,11-12,19-24H,5-10,13-18H2,1-2H3,(H,37,38)/t19?,20?,21-,22+,23?,24+. The summed E-state index contributed by atoms with van der Waals surface area (Å²) in [7, 11) is 3.09. The lowest BCUT2D eigenvalue weighted by Gasteiger charge is -2.55. The number of hydrogen-bond acceptors (Lipinski definition) is 7. The van der Waals surface area contributed by atoms with Crippen LogP contribution in [-0.4, -0.2) is 80.9 Å². The molecule has 41 heavy (non-hydrogen) atoms. The lowest BCUT2D eigenvalue weighted by atomic mass is 9.68. The van der Waals surface area contributed by atoms with Gasteiger partial charge in [-0.15, -0.1) is 0 Å². The minimum atomic E-state index is -1.23. The molecule has 4 bridgehead atoms. The number of piperidine rings is 2. The maximum atomic E-state index is 14.2. The molecule has 1 aromatic carbocycles. The van der Waals surface area contributed by atoms with Crippen molar-refractivity contribution in [3.8, 4) is 0 Å². The predicted octanol–water partition coefficient (Wildman–Crippen LogP) is 3.82. The van der Waals surface area contributed by atoms with Gasteiger partial charge in [0, 0.05) is 38.3 Å². The highest BCUT2D eigenvalue weighted by atomic mass is 16.6. The second kappa shape index (κ2) is 11.5. The van der Waals surface area contributed by atoms with Crippen molar-refractivity contribution in [2.24, 2.45) is 17.0 Å². The molecule has 4 aliphatic rings. The topological polar surface area (TPSA) is 117 Å². The number of aliphatic carboxylic acids is 1. The van der Waals surface area contributed by atoms with Gasteiger partial charge in [0.25, 0.3) is 11.5 Å². The Bertz CT molecular complexity index is 1380. The first-order valence-corrected chi connectivity index (χ1v) is 15.2. The zero-order valence-electron chi connectivity index (χ0n) is 24.1. The molecule has 2 aliphatic carbocycles. The smallest absolute Gasteiger partial charge is 0.344 e. The molecule has 2 saturated heterocycles. The Balaban J connectivity index is 1.37. The van der Waals surface area contributed by atoms with Gasteiger partial charge in [-0.3, -0.25) is 14.5 Å². The molecule has 5 atom stereocenters. The van der Waals surface area contributed by atoms with Gasteiger partial charge in [-0.1, -0.05) is 43.0 Å². The van der Waals surface area contributed by atoms with E-state index in [1.807, 2.05) is 28.8 Å². The van der Waals surface area contributed by atoms with Crippen LogP contribution < -0.4 is 5.56 Å². The highest BCUT2D eigenvalue weighted by Gasteiger charge is 2.45. The number of oxime groups is 1. The van der Waals surface area contributed by atoms with Gasteiger partial charge in [0.2, 0.25) is 6.61 Å². The molecule has 2 unspecified atom stereocenters. The van der Waals surface area contributed by atoms with Crippen LogP contribution in [0.4, 0.5) is 0 Å². The fraction of sp³-hybridized carbons (Fsp3) is 0.645. The average molecular weight is 564 g/mol. The minimum absolute atomic E-state index is 0.0283. The summed E-state index contributed by atoms with van der Waals surface area (Å²) in [5.41, 5.74) is 0.549. The number of hydrogen-bond donors (Lipinski definition) is 1. The molecule has 0 spiro atoms. The van der Waals surface area contributed by atoms with E-state index in [0.717, 1.165) is 43.0 Å². The number of likely N-dealkylation sites (N-methyl/N-ethyl adjacent to an activating group) is 1. The monoisotopic (exact) mass is 563 g/mol. The van der Waals surface area contributed by atoms with E-state index in [2.05, 4.69) is 15.0 Å². The first-order chi connectivity index (χ1) is 19.8. The molecular weight excluding hydrogens is 522 g/mol. The number of para-hydroxylation sites is 2. The normalized spacial score (nSPS) is 30.1. The molecule has 10 nitrogen and oxygen atoms in total. The summed E-state index contributed by atoms with van der Waals surface area (Å²) in [6.45, 7) is -0.726. The Labute approximate surface area is 240 Å². The number of carbonyl (C=O) groups is 2. The van der Waals surface area contributed by atoms with Crippen LogP contribution in [0, 0.1) is 11.8 Å². The molecule has 2 saturated carbocycles. The molecule has 1 aromatic heterocycles. The van der Waals surface area contributed by atoms with E-state index in [1.165, 1.54) is 49.8 Å². The van der Waals surface area contributed by atoms with Crippen molar-refractivity contribution in [1.82, 2.24) is 19.4 Å². The fourth-order valence-electron chi connectivity index (χ4n) is 8.35. The molecule has 10 heteroatoms. The van der Waals surface area contributed by atoms with Gasteiger partial charge in [0.1, 0.15) is 0 Å². The number of carboxylic acid groups (broad SMARTS) is 1. The maximum absolute atomic E-state index is 14.2. The Morgan fingerprint density at radius 2 is 1.61 bits per heavy atom. The summed E-state index contributed by atoms with van der Waals surface area (Å²) in [5, 5.41) is 12.8. The predicted molar refractivity (Wildman–Crippen MR) is 155 cm³/mol. The third-order valence-electron chi connectivity index (χ3n) is 9.87. The van der Waals surface area contributed by atoms with E-state index in [4.69, 9.17) is 9.94 Å². The number of carboxylic acids is 1. The van der Waals surface area contributed by atoms with Crippen LogP contribution in [-0.2, 0) is 14.4 Å². The van der Waals surface area contributed by atoms with E-state index in [1.54, 1.807) is 14.1 Å². The molecule has 2 aliphatic heterocycles. The summed E-state index contributed by atoms with van der Waals surface area (Å²) in [6, 6.07) is 9.02. The van der Waals surface area contributed by atoms with Crippen LogP contribution in [0.25, 0.3) is 11.0 Å². The lowest BCUT2D eigenvalue weighted by Crippen LogP contribution is -2.58. The third kappa shape index (κ3) is 5.50. The van der Waals surface area contributed by atoms with Crippen LogP contribution >= 0.6 is 0 Å². The molecule has 4 fully saturated rings. The number of benzene rings is 1. The number of carbonyl (C=O) groups excluding carboxylic acids is 1. The molecule has 1 N–H and O–H groups in total. The van der Waals surface area contributed by atoms with E-state index < -0.39 is 18.5 Å². The molecule has 3 heterocycles. The number of fused-ring (bicyclic) bond motifs is 5. The molecule has 2 aromatic rings. The molecule has 1 amide bonds. The quantitative estimate of drug-likeness (QED) is 0.402. The summed E-state index contributed by atoms with van der Waals surface area (Å²) in [6.07, 6.45) is 13.5. The zero-order valence-corrected chi connectivity index (χ0v) is 24.1. The van der Waals surface area contributed by atoms with Gasteiger partial charge in [0.15, 0.2) is 11.4 Å². The number of nitrogens with zero attached hydrogens (tertiary/aromatic N) is 5. The SMILES string of the molecule is CN(C)C(=O)C(=NOCC(=O)O)c1nc2ccccc2n([C@H]2C[C@H]3CCC[C@@H](C2)N3C2CC3CCCC(C3)C2)c1=O. The first kappa shape index (κ1) is 27.9. The number of aromatic nitrogens is 2. The van der Waals surface area contributed by atoms with Crippen molar-refractivity contribution in [3.63, 3.8) is 0 Å². The minimum Gasteiger partial charge on any atom is -0.479 e. The fourth-order valence-corrected chi connectivity index (χ4v) is 8.35. The van der Waals surface area contributed by atoms with Crippen LogP contribution in [0.2, 0.25) is 0 Å². The second-order valence-electron chi connectivity index (χ2n) is 12.8. The number of rotatable bonds is 7. The second-order valence-corrected chi connectivity index (χ2v) is 12.8. The Hall–Kier alpha value is -3.27. The first-order valence-electron chi connectivity index (χ1n) is 15.2. The van der Waals surface area contributed by atoms with Crippen molar-refractivity contribution in [2.45, 2.75) is 94.8 Å². The van der Waals surface area contributed by atoms with Gasteiger partial charge in [-0.25, -0.2) is 9.78 Å². The van der Waals surface area contributed by atoms with E-state index in [-0.39, 0.29) is 23.0 Å². The third-order valence-corrected chi connectivity index (χ3v) is 9.87. The van der Waals surface area contributed by atoms with Gasteiger partial charge in [-0.05, 0) is 68.9 Å². The van der Waals surface area contributed by atoms with E-state index in [0.29, 0.717) is 23.6 Å². The Morgan fingerprint density at radius 1 is 0.951 bits per heavy atom. The Kier molecular flexibility index (Phi) is 7.85. The van der Waals surface area contributed by atoms with Gasteiger partial charge in [-0.2, -0.15) is 0 Å². The molecule has 220 valence electrons. The van der Waals surface area contributed by atoms with Gasteiger partial charge < -0.3 is 19.4 Å². The van der Waals surface area contributed by atoms with E-state index >= 15 is 0 Å². The van der Waals surface area contributed by atoms with Crippen LogP contribution in [0.15, 0.2) is 34.2 Å². The van der Waals surface area contributed by atoms with Crippen molar-refractivity contribution >= 4 is 28.6 Å². The van der Waals surface area contributed by atoms with Crippen LogP contribution in [0.1, 0.15) is 82.4 Å². The van der Waals surface area contributed by atoms with Gasteiger partial charge in [0.05, 0.1) is 11.0 Å². The van der Waals surface area contributed by atoms with Crippen LogP contribution in [0.3, 0.4) is 0 Å². The zero-order chi connectivity index (χ0) is 28.7. The summed E-state index contributed by atoms with van der Waals surface area (Å²) in [5.74, 6) is -0.0587. The van der Waals surface area contributed by atoms with Crippen molar-refractivity contribution in [3.05, 3.63) is 40.3 Å². The van der Waals surface area contributed by atoms with Crippen molar-refractivity contribution < 1.29 is 19.5 Å². The Morgan fingerprint density at radius 3 is 2.27 bits per heavy atom. The summed E-state index contributed by atoms with van der Waals surface area (Å²) in [4.78, 5) is 52.1. The maximum Gasteiger partial charge on any atom is 0.344 e. The largest absolute Gasteiger partial charge is 0.479 e. The van der Waals surface area contributed by atoms with Crippen LogP contribution in [0.5, 0.6) is 0 Å². The molecule has 0 radical (unpaired) electrons. The van der Waals surface area contributed by atoms with Gasteiger partial charge >= 0.3 is 5.97 Å². The summed E-state index contributed by atoms with van der Waals surface area (Å²) < 4.78 is 1.84. The lowest BCUT2D eigenvalue weighted by molar-refractivity contribution is -0.142. The average Bonchev–Trinajstić information content (AvgIpc) is 2.94. The van der Waals surface area contributed by atoms with E-state index in [9.17, 15) is 14.4 Å². The molecule has 6 rings (SSSR count). The highest BCUT2D eigenvalue weighted by Crippen LogP contribution is 2.47. The van der Waals surface area contributed by atoms with Crippen molar-refractivity contribution in [1.29, 1.82) is 0 Å². The highest BCUT2D eigenvalue weighted by molar-refractivity contribution is 6.44. The summed E-state index contributed by atoms with van der Waals surface area (Å²) >= 11 is 0. The number of amides is 1.